The van der Waals surface area contributed by atoms with Gasteiger partial charge in [-0.1, -0.05) is 25.1 Å². The average molecular weight is 175 g/mol. The van der Waals surface area contributed by atoms with Crippen LogP contribution < -0.4 is 5.32 Å². The summed E-state index contributed by atoms with van der Waals surface area (Å²) in [5.74, 6) is 0.618. The Kier molecular flexibility index (Phi) is 2.05. The van der Waals surface area contributed by atoms with E-state index in [1.807, 2.05) is 18.2 Å². The maximum Gasteiger partial charge on any atom is 0.224 e. The molecule has 13 heavy (non-hydrogen) atoms. The molecule has 0 unspecified atom stereocenters. The Bertz CT molecular complexity index is 333. The molecule has 2 heteroatoms. The molecular weight excluding hydrogens is 162 g/mol. The van der Waals surface area contributed by atoms with Crippen LogP contribution in [0.4, 0.5) is 5.69 Å². The molecule has 1 aromatic rings. The van der Waals surface area contributed by atoms with Crippen LogP contribution in [0.5, 0.6) is 0 Å². The first-order valence-corrected chi connectivity index (χ1v) is 4.66. The molecule has 68 valence electrons. The van der Waals surface area contributed by atoms with Crippen molar-refractivity contribution < 1.29 is 4.79 Å². The zero-order valence-corrected chi connectivity index (χ0v) is 7.71. The number of carbonyl (C=O) groups is 1. The summed E-state index contributed by atoms with van der Waals surface area (Å²) in [6.07, 6.45) is 1.58. The van der Waals surface area contributed by atoms with Gasteiger partial charge in [0.1, 0.15) is 0 Å². The van der Waals surface area contributed by atoms with Crippen LogP contribution in [0.3, 0.4) is 0 Å². The minimum Gasteiger partial charge on any atom is -0.326 e. The quantitative estimate of drug-likeness (QED) is 0.645. The van der Waals surface area contributed by atoms with Gasteiger partial charge in [0.2, 0.25) is 5.91 Å². The van der Waals surface area contributed by atoms with Crippen LogP contribution in [0.25, 0.3) is 0 Å². The van der Waals surface area contributed by atoms with Crippen LogP contribution in [0.15, 0.2) is 24.3 Å². The van der Waals surface area contributed by atoms with Crippen molar-refractivity contribution in [2.24, 2.45) is 0 Å². The molecule has 2 rings (SSSR count). The third-order valence-corrected chi connectivity index (χ3v) is 2.57. The van der Waals surface area contributed by atoms with Crippen LogP contribution >= 0.6 is 0 Å². The third kappa shape index (κ3) is 1.57. The smallest absolute Gasteiger partial charge is 0.224 e. The Morgan fingerprint density at radius 1 is 1.38 bits per heavy atom. The van der Waals surface area contributed by atoms with Gasteiger partial charge in [0, 0.05) is 12.1 Å². The highest BCUT2D eigenvalue weighted by Gasteiger charge is 2.17. The predicted molar refractivity (Wildman–Crippen MR) is 52.7 cm³/mol. The zero-order valence-electron chi connectivity index (χ0n) is 7.71. The molecule has 0 bridgehead atoms. The number of fused-ring (bicyclic) bond motifs is 1. The molecule has 0 fully saturated rings. The van der Waals surface area contributed by atoms with Crippen LogP contribution in [-0.2, 0) is 4.79 Å². The highest BCUT2D eigenvalue weighted by molar-refractivity contribution is 5.92. The van der Waals surface area contributed by atoms with Gasteiger partial charge in [-0.3, -0.25) is 4.79 Å². The van der Waals surface area contributed by atoms with Crippen molar-refractivity contribution in [1.82, 2.24) is 0 Å². The van der Waals surface area contributed by atoms with Crippen molar-refractivity contribution in [1.29, 1.82) is 0 Å². The number of hydrogen-bond donors (Lipinski definition) is 1. The summed E-state index contributed by atoms with van der Waals surface area (Å²) < 4.78 is 0. The summed E-state index contributed by atoms with van der Waals surface area (Å²) in [5, 5.41) is 2.91. The van der Waals surface area contributed by atoms with Gasteiger partial charge in [-0.2, -0.15) is 0 Å². The van der Waals surface area contributed by atoms with Crippen LogP contribution in [0.1, 0.15) is 31.2 Å². The second kappa shape index (κ2) is 3.21. The monoisotopic (exact) mass is 175 g/mol. The van der Waals surface area contributed by atoms with Crippen LogP contribution in [0.2, 0.25) is 0 Å². The van der Waals surface area contributed by atoms with Crippen molar-refractivity contribution in [3.8, 4) is 0 Å². The Morgan fingerprint density at radius 3 is 3.00 bits per heavy atom. The summed E-state index contributed by atoms with van der Waals surface area (Å²) in [6.45, 7) is 2.17. The van der Waals surface area contributed by atoms with E-state index >= 15 is 0 Å². The second-order valence-corrected chi connectivity index (χ2v) is 3.58. The van der Waals surface area contributed by atoms with E-state index in [4.69, 9.17) is 0 Å². The van der Waals surface area contributed by atoms with Crippen molar-refractivity contribution in [2.75, 3.05) is 5.32 Å². The lowest BCUT2D eigenvalue weighted by molar-refractivity contribution is -0.116. The molecule has 0 saturated heterocycles. The Hall–Kier alpha value is -1.31. The molecule has 2 nitrogen and oxygen atoms in total. The fourth-order valence-electron chi connectivity index (χ4n) is 1.76. The number of para-hydroxylation sites is 1. The lowest BCUT2D eigenvalue weighted by atomic mass is 9.96. The number of carbonyl (C=O) groups excluding carboxylic acids is 1. The van der Waals surface area contributed by atoms with Gasteiger partial charge in [0.15, 0.2) is 0 Å². The van der Waals surface area contributed by atoms with E-state index in [-0.39, 0.29) is 5.91 Å². The third-order valence-electron chi connectivity index (χ3n) is 2.57. The first-order valence-electron chi connectivity index (χ1n) is 4.66. The molecule has 0 spiro atoms. The number of nitrogens with one attached hydrogen (secondary N) is 1. The van der Waals surface area contributed by atoms with Crippen molar-refractivity contribution in [3.63, 3.8) is 0 Å². The largest absolute Gasteiger partial charge is 0.326 e. The average Bonchev–Trinajstić information content (AvgIpc) is 2.27. The number of amides is 1. The second-order valence-electron chi connectivity index (χ2n) is 3.58. The number of benzene rings is 1. The van der Waals surface area contributed by atoms with Gasteiger partial charge in [0.05, 0.1) is 0 Å². The van der Waals surface area contributed by atoms with E-state index < -0.39 is 0 Å². The summed E-state index contributed by atoms with van der Waals surface area (Å²) >= 11 is 0. The lowest BCUT2D eigenvalue weighted by Crippen LogP contribution is -2.08. The first-order chi connectivity index (χ1) is 6.27. The van der Waals surface area contributed by atoms with Crippen LogP contribution in [-0.4, -0.2) is 5.91 Å². The van der Waals surface area contributed by atoms with Crippen LogP contribution in [0, 0.1) is 0 Å². The van der Waals surface area contributed by atoms with E-state index in [1.54, 1.807) is 0 Å². The van der Waals surface area contributed by atoms with Gasteiger partial charge >= 0.3 is 0 Å². The van der Waals surface area contributed by atoms with Gasteiger partial charge in [-0.05, 0) is 24.0 Å². The maximum absolute atomic E-state index is 11.3. The fourth-order valence-corrected chi connectivity index (χ4v) is 1.76. The molecule has 0 saturated carbocycles. The molecule has 1 heterocycles. The summed E-state index contributed by atoms with van der Waals surface area (Å²) in [4.78, 5) is 11.3. The van der Waals surface area contributed by atoms with Crippen molar-refractivity contribution >= 4 is 11.6 Å². The summed E-state index contributed by atoms with van der Waals surface area (Å²) in [7, 11) is 0. The topological polar surface area (TPSA) is 29.1 Å². The fraction of sp³-hybridized carbons (Fsp3) is 0.364. The maximum atomic E-state index is 11.3. The van der Waals surface area contributed by atoms with Crippen molar-refractivity contribution in [2.45, 2.75) is 25.7 Å². The molecule has 1 aliphatic rings. The van der Waals surface area contributed by atoms with Gasteiger partial charge in [-0.25, -0.2) is 0 Å². The van der Waals surface area contributed by atoms with E-state index in [0.717, 1.165) is 12.1 Å². The number of hydrogen-bond acceptors (Lipinski definition) is 1. The minimum absolute atomic E-state index is 0.136. The van der Waals surface area contributed by atoms with E-state index in [0.29, 0.717) is 12.3 Å². The Labute approximate surface area is 78.0 Å². The number of rotatable bonds is 0. The highest BCUT2D eigenvalue weighted by atomic mass is 16.1. The molecule has 1 amide bonds. The molecule has 1 aromatic carbocycles. The Balaban J connectivity index is 2.43. The van der Waals surface area contributed by atoms with E-state index in [9.17, 15) is 4.79 Å². The number of anilines is 1. The summed E-state index contributed by atoms with van der Waals surface area (Å²) in [6, 6.07) is 8.03. The lowest BCUT2D eigenvalue weighted by Gasteiger charge is -2.10. The molecule has 0 aromatic heterocycles. The highest BCUT2D eigenvalue weighted by Crippen LogP contribution is 2.30. The van der Waals surface area contributed by atoms with Crippen molar-refractivity contribution in [3.05, 3.63) is 29.8 Å². The SMILES string of the molecule is C[C@H]1CCC(=O)Nc2ccccc21. The first kappa shape index (κ1) is 8.30. The van der Waals surface area contributed by atoms with Gasteiger partial charge < -0.3 is 5.32 Å². The molecular formula is C11H13NO. The van der Waals surface area contributed by atoms with Gasteiger partial charge in [-0.15, -0.1) is 0 Å². The molecule has 1 N–H and O–H groups in total. The zero-order chi connectivity index (χ0) is 9.26. The normalized spacial score (nSPS) is 21.6. The minimum atomic E-state index is 0.136. The predicted octanol–water partition coefficient (Wildman–Crippen LogP) is 2.52. The Morgan fingerprint density at radius 2 is 2.15 bits per heavy atom. The van der Waals surface area contributed by atoms with E-state index in [2.05, 4.69) is 18.3 Å². The standard InChI is InChI=1S/C11H13NO/c1-8-6-7-11(13)12-10-5-3-2-4-9(8)10/h2-5,8H,6-7H2,1H3,(H,12,13)/t8-/m0/s1. The molecule has 1 aliphatic heterocycles. The summed E-state index contributed by atoms with van der Waals surface area (Å²) in [5.41, 5.74) is 2.24. The van der Waals surface area contributed by atoms with Gasteiger partial charge in [0.25, 0.3) is 0 Å². The molecule has 0 aliphatic carbocycles. The molecule has 1 atom stereocenters. The van der Waals surface area contributed by atoms with E-state index in [1.165, 1.54) is 5.56 Å². The molecule has 0 radical (unpaired) electrons.